The van der Waals surface area contributed by atoms with Crippen LogP contribution in [-0.2, 0) is 6.54 Å². The van der Waals surface area contributed by atoms with Crippen LogP contribution in [0.2, 0.25) is 0 Å². The van der Waals surface area contributed by atoms with E-state index in [1.807, 2.05) is 13.8 Å². The molecular formula is C18H26N4O3. The summed E-state index contributed by atoms with van der Waals surface area (Å²) >= 11 is 0. The van der Waals surface area contributed by atoms with Gasteiger partial charge in [-0.15, -0.1) is 0 Å². The molecule has 0 aliphatic heterocycles. The van der Waals surface area contributed by atoms with Crippen molar-refractivity contribution >= 4 is 16.9 Å². The number of pyridine rings is 1. The van der Waals surface area contributed by atoms with Crippen LogP contribution in [0, 0.1) is 5.92 Å². The lowest BCUT2D eigenvalue weighted by Crippen LogP contribution is -2.33. The Morgan fingerprint density at radius 1 is 1.28 bits per heavy atom. The monoisotopic (exact) mass is 346 g/mol. The van der Waals surface area contributed by atoms with Crippen LogP contribution in [0.25, 0.3) is 11.0 Å². The molecule has 7 nitrogen and oxygen atoms in total. The van der Waals surface area contributed by atoms with Gasteiger partial charge in [0.15, 0.2) is 5.65 Å². The fourth-order valence-electron chi connectivity index (χ4n) is 2.63. The summed E-state index contributed by atoms with van der Waals surface area (Å²) in [5, 5.41) is 3.02. The molecule has 2 aromatic heterocycles. The normalized spacial score (nSPS) is 11.5. The van der Waals surface area contributed by atoms with Crippen LogP contribution in [0.5, 0.6) is 0 Å². The van der Waals surface area contributed by atoms with Gasteiger partial charge in [0.05, 0.1) is 10.9 Å². The van der Waals surface area contributed by atoms with E-state index in [-0.39, 0.29) is 28.4 Å². The number of fused-ring (bicyclic) bond motifs is 1. The minimum absolute atomic E-state index is 0.0614. The average Bonchev–Trinajstić information content (AvgIpc) is 2.53. The van der Waals surface area contributed by atoms with Crippen molar-refractivity contribution in [3.8, 4) is 0 Å². The predicted octanol–water partition coefficient (Wildman–Crippen LogP) is 2.00. The van der Waals surface area contributed by atoms with Gasteiger partial charge in [-0.3, -0.25) is 19.1 Å². The Morgan fingerprint density at radius 3 is 2.52 bits per heavy atom. The van der Waals surface area contributed by atoms with Crippen LogP contribution in [0.3, 0.4) is 0 Å². The molecule has 7 heteroatoms. The maximum atomic E-state index is 12.7. The van der Waals surface area contributed by atoms with E-state index in [0.717, 1.165) is 6.42 Å². The zero-order valence-corrected chi connectivity index (χ0v) is 15.5. The molecule has 0 aliphatic rings. The van der Waals surface area contributed by atoms with Gasteiger partial charge in [0.1, 0.15) is 0 Å². The lowest BCUT2D eigenvalue weighted by Gasteiger charge is -2.14. The number of carbonyl (C=O) groups excluding carboxylic acids is 1. The first-order valence-corrected chi connectivity index (χ1v) is 8.72. The first kappa shape index (κ1) is 18.9. The second-order valence-electron chi connectivity index (χ2n) is 6.89. The highest BCUT2D eigenvalue weighted by Gasteiger charge is 2.19. The number of hydrogen-bond donors (Lipinski definition) is 2. The Hall–Kier alpha value is -2.44. The van der Waals surface area contributed by atoms with Crippen molar-refractivity contribution in [3.05, 3.63) is 38.2 Å². The molecule has 0 unspecified atom stereocenters. The van der Waals surface area contributed by atoms with Gasteiger partial charge in [0, 0.05) is 18.8 Å². The first-order chi connectivity index (χ1) is 11.8. The molecule has 2 aromatic rings. The van der Waals surface area contributed by atoms with E-state index in [2.05, 4.69) is 29.1 Å². The Kier molecular flexibility index (Phi) is 5.77. The van der Waals surface area contributed by atoms with E-state index in [1.165, 1.54) is 4.57 Å². The van der Waals surface area contributed by atoms with E-state index < -0.39 is 11.2 Å². The van der Waals surface area contributed by atoms with Gasteiger partial charge in [0.2, 0.25) is 0 Å². The molecule has 2 N–H and O–H groups in total. The number of rotatable bonds is 6. The number of amides is 1. The van der Waals surface area contributed by atoms with Crippen LogP contribution in [-0.4, -0.2) is 27.0 Å². The van der Waals surface area contributed by atoms with Crippen molar-refractivity contribution in [3.63, 3.8) is 0 Å². The molecular weight excluding hydrogens is 320 g/mol. The third kappa shape index (κ3) is 3.97. The zero-order chi connectivity index (χ0) is 18.7. The number of nitrogens with zero attached hydrogens (tertiary/aromatic N) is 2. The van der Waals surface area contributed by atoms with E-state index in [0.29, 0.717) is 24.7 Å². The number of aromatic nitrogens is 3. The summed E-state index contributed by atoms with van der Waals surface area (Å²) in [5.74, 6) is 0.211. The number of aromatic amines is 1. The summed E-state index contributed by atoms with van der Waals surface area (Å²) in [5.41, 5.74) is 0.104. The smallest absolute Gasteiger partial charge is 0.329 e. The quantitative estimate of drug-likeness (QED) is 0.836. The summed E-state index contributed by atoms with van der Waals surface area (Å²) in [7, 11) is 0. The standard InChI is InChI=1S/C18H26N4O3/c1-6-22-15-14(17(24)21-18(22)25)12(9-13(20-15)11(4)5)16(23)19-8-7-10(2)3/h9-11H,6-8H2,1-5H3,(H,19,23)(H,21,24,25). The maximum absolute atomic E-state index is 12.7. The molecule has 1 amide bonds. The fraction of sp³-hybridized carbons (Fsp3) is 0.556. The summed E-state index contributed by atoms with van der Waals surface area (Å²) in [4.78, 5) is 43.9. The number of nitrogens with one attached hydrogen (secondary N) is 2. The second kappa shape index (κ2) is 7.63. The Bertz CT molecular complexity index is 894. The summed E-state index contributed by atoms with van der Waals surface area (Å²) in [6, 6.07) is 1.65. The molecule has 0 aromatic carbocycles. The average molecular weight is 346 g/mol. The highest BCUT2D eigenvalue weighted by Crippen LogP contribution is 2.19. The molecule has 0 atom stereocenters. The van der Waals surface area contributed by atoms with E-state index in [4.69, 9.17) is 0 Å². The second-order valence-corrected chi connectivity index (χ2v) is 6.89. The van der Waals surface area contributed by atoms with Crippen molar-refractivity contribution in [2.24, 2.45) is 5.92 Å². The minimum Gasteiger partial charge on any atom is -0.352 e. The van der Waals surface area contributed by atoms with Gasteiger partial charge in [-0.25, -0.2) is 9.78 Å². The molecule has 0 saturated carbocycles. The SMILES string of the molecule is CCn1c(=O)[nH]c(=O)c2c(C(=O)NCCC(C)C)cc(C(C)C)nc21. The van der Waals surface area contributed by atoms with Crippen LogP contribution in [0.4, 0.5) is 0 Å². The highest BCUT2D eigenvalue weighted by molar-refractivity contribution is 6.05. The molecule has 0 aliphatic carbocycles. The third-order valence-electron chi connectivity index (χ3n) is 4.13. The van der Waals surface area contributed by atoms with Crippen molar-refractivity contribution in [2.75, 3.05) is 6.54 Å². The van der Waals surface area contributed by atoms with E-state index in [9.17, 15) is 14.4 Å². The number of aryl methyl sites for hydroxylation is 1. The first-order valence-electron chi connectivity index (χ1n) is 8.72. The third-order valence-corrected chi connectivity index (χ3v) is 4.13. The molecule has 2 heterocycles. The van der Waals surface area contributed by atoms with E-state index in [1.54, 1.807) is 13.0 Å². The fourth-order valence-corrected chi connectivity index (χ4v) is 2.63. The van der Waals surface area contributed by atoms with Crippen LogP contribution in [0.15, 0.2) is 15.7 Å². The zero-order valence-electron chi connectivity index (χ0n) is 15.5. The summed E-state index contributed by atoms with van der Waals surface area (Å²) in [6.45, 7) is 10.8. The number of H-pyrrole nitrogens is 1. The highest BCUT2D eigenvalue weighted by atomic mass is 16.2. The summed E-state index contributed by atoms with van der Waals surface area (Å²) in [6.07, 6.45) is 0.849. The molecule has 0 bridgehead atoms. The Morgan fingerprint density at radius 2 is 1.96 bits per heavy atom. The topological polar surface area (TPSA) is 96.9 Å². The molecule has 0 spiro atoms. The number of hydrogen-bond acceptors (Lipinski definition) is 4. The molecule has 0 radical (unpaired) electrons. The minimum atomic E-state index is -0.582. The van der Waals surface area contributed by atoms with Crippen molar-refractivity contribution < 1.29 is 4.79 Å². The van der Waals surface area contributed by atoms with Crippen LogP contribution < -0.4 is 16.6 Å². The maximum Gasteiger partial charge on any atom is 0.329 e. The lowest BCUT2D eigenvalue weighted by atomic mass is 10.0. The molecule has 2 rings (SSSR count). The predicted molar refractivity (Wildman–Crippen MR) is 98.2 cm³/mol. The van der Waals surface area contributed by atoms with Crippen molar-refractivity contribution in [1.82, 2.24) is 19.9 Å². The number of carbonyl (C=O) groups is 1. The largest absolute Gasteiger partial charge is 0.352 e. The Balaban J connectivity index is 2.67. The van der Waals surface area contributed by atoms with Crippen LogP contribution in [0.1, 0.15) is 63.0 Å². The summed E-state index contributed by atoms with van der Waals surface area (Å²) < 4.78 is 1.38. The van der Waals surface area contributed by atoms with Gasteiger partial charge in [-0.05, 0) is 31.2 Å². The molecule has 0 saturated heterocycles. The molecule has 25 heavy (non-hydrogen) atoms. The lowest BCUT2D eigenvalue weighted by molar-refractivity contribution is 0.0953. The van der Waals surface area contributed by atoms with Gasteiger partial charge >= 0.3 is 5.69 Å². The van der Waals surface area contributed by atoms with Crippen molar-refractivity contribution in [2.45, 2.75) is 53.5 Å². The van der Waals surface area contributed by atoms with Gasteiger partial charge in [-0.2, -0.15) is 0 Å². The van der Waals surface area contributed by atoms with E-state index >= 15 is 0 Å². The van der Waals surface area contributed by atoms with Gasteiger partial charge in [0.25, 0.3) is 11.5 Å². The van der Waals surface area contributed by atoms with Gasteiger partial charge in [-0.1, -0.05) is 27.7 Å². The van der Waals surface area contributed by atoms with Crippen molar-refractivity contribution in [1.29, 1.82) is 0 Å². The molecule has 136 valence electrons. The van der Waals surface area contributed by atoms with Gasteiger partial charge < -0.3 is 5.32 Å². The molecule has 0 fully saturated rings. The van der Waals surface area contributed by atoms with Crippen LogP contribution >= 0.6 is 0 Å². The Labute approximate surface area is 146 Å².